The van der Waals surface area contributed by atoms with Gasteiger partial charge in [0.1, 0.15) is 0 Å². The highest BCUT2D eigenvalue weighted by atomic mass is 79.9. The minimum absolute atomic E-state index is 0.0133. The third kappa shape index (κ3) is 5.93. The second-order valence-electron chi connectivity index (χ2n) is 5.38. The molecule has 0 aliphatic rings. The van der Waals surface area contributed by atoms with Crippen LogP contribution in [0, 0.1) is 5.41 Å². The van der Waals surface area contributed by atoms with Crippen molar-refractivity contribution in [1.82, 2.24) is 0 Å². The van der Waals surface area contributed by atoms with E-state index in [0.29, 0.717) is 18.0 Å². The molecule has 3 N–H and O–H groups in total. The average molecular weight is 348 g/mol. The highest BCUT2D eigenvalue weighted by Gasteiger charge is 2.18. The minimum Gasteiger partial charge on any atom is -0.330 e. The summed E-state index contributed by atoms with van der Waals surface area (Å²) in [4.78, 5) is 11.9. The molecule has 1 rings (SSSR count). The molecule has 19 heavy (non-hydrogen) atoms. The largest absolute Gasteiger partial charge is 0.330 e. The molecule has 0 bridgehead atoms. The number of amides is 1. The molecule has 0 aromatic heterocycles. The van der Waals surface area contributed by atoms with E-state index >= 15 is 0 Å². The number of anilines is 1. The Morgan fingerprint density at radius 3 is 2.68 bits per heavy atom. The van der Waals surface area contributed by atoms with Gasteiger partial charge in [0.05, 0.1) is 5.02 Å². The predicted octanol–water partition coefficient (Wildman–Crippen LogP) is 4.20. The molecule has 0 fully saturated rings. The fraction of sp³-hybridized carbons (Fsp3) is 0.500. The lowest BCUT2D eigenvalue weighted by Crippen LogP contribution is -2.20. The van der Waals surface area contributed by atoms with Crippen molar-refractivity contribution in [2.75, 3.05) is 11.9 Å². The molecule has 1 aromatic rings. The van der Waals surface area contributed by atoms with Gasteiger partial charge in [-0.05, 0) is 58.9 Å². The Bertz CT molecular complexity index is 449. The normalized spacial score (nSPS) is 11.4. The van der Waals surface area contributed by atoms with Crippen LogP contribution >= 0.6 is 27.5 Å². The Kier molecular flexibility index (Phi) is 6.30. The van der Waals surface area contributed by atoms with E-state index in [4.69, 9.17) is 17.3 Å². The standard InChI is InChI=1S/C14H20BrClN2O/c1-14(2,7-8-17)6-5-13(19)18-10-3-4-12(16)11(15)9-10/h3-4,9H,5-8,17H2,1-2H3,(H,18,19). The lowest BCUT2D eigenvalue weighted by molar-refractivity contribution is -0.116. The van der Waals surface area contributed by atoms with Crippen molar-refractivity contribution in [3.63, 3.8) is 0 Å². The van der Waals surface area contributed by atoms with Gasteiger partial charge in [-0.15, -0.1) is 0 Å². The lowest BCUT2D eigenvalue weighted by Gasteiger charge is -2.23. The van der Waals surface area contributed by atoms with Gasteiger partial charge in [-0.1, -0.05) is 25.4 Å². The van der Waals surface area contributed by atoms with Crippen molar-refractivity contribution in [1.29, 1.82) is 0 Å². The zero-order valence-electron chi connectivity index (χ0n) is 11.3. The molecule has 0 aliphatic carbocycles. The van der Waals surface area contributed by atoms with Gasteiger partial charge in [-0.3, -0.25) is 4.79 Å². The van der Waals surface area contributed by atoms with Crippen molar-refractivity contribution >= 4 is 39.1 Å². The van der Waals surface area contributed by atoms with Gasteiger partial charge < -0.3 is 11.1 Å². The maximum Gasteiger partial charge on any atom is 0.224 e. The van der Waals surface area contributed by atoms with Gasteiger partial charge in [0, 0.05) is 16.6 Å². The molecule has 0 heterocycles. The molecule has 0 saturated carbocycles. The number of nitrogens with one attached hydrogen (secondary N) is 1. The van der Waals surface area contributed by atoms with Gasteiger partial charge in [-0.25, -0.2) is 0 Å². The van der Waals surface area contributed by atoms with E-state index in [2.05, 4.69) is 35.1 Å². The van der Waals surface area contributed by atoms with Crippen LogP contribution < -0.4 is 11.1 Å². The Morgan fingerprint density at radius 1 is 1.42 bits per heavy atom. The van der Waals surface area contributed by atoms with E-state index in [9.17, 15) is 4.79 Å². The van der Waals surface area contributed by atoms with Crippen molar-refractivity contribution in [2.45, 2.75) is 33.1 Å². The van der Waals surface area contributed by atoms with E-state index in [1.54, 1.807) is 18.2 Å². The molecule has 0 atom stereocenters. The topological polar surface area (TPSA) is 55.1 Å². The van der Waals surface area contributed by atoms with Crippen LogP contribution in [-0.4, -0.2) is 12.5 Å². The smallest absolute Gasteiger partial charge is 0.224 e. The Labute approximate surface area is 128 Å². The first kappa shape index (κ1) is 16.5. The second-order valence-corrected chi connectivity index (χ2v) is 6.64. The van der Waals surface area contributed by atoms with Crippen molar-refractivity contribution in [2.24, 2.45) is 11.1 Å². The monoisotopic (exact) mass is 346 g/mol. The third-order valence-corrected chi connectivity index (χ3v) is 4.27. The molecular formula is C14H20BrClN2O. The Balaban J connectivity index is 2.49. The summed E-state index contributed by atoms with van der Waals surface area (Å²) in [7, 11) is 0. The third-order valence-electron chi connectivity index (χ3n) is 3.05. The van der Waals surface area contributed by atoms with Gasteiger partial charge in [0.15, 0.2) is 0 Å². The summed E-state index contributed by atoms with van der Waals surface area (Å²) in [5, 5.41) is 3.49. The predicted molar refractivity (Wildman–Crippen MR) is 84.5 cm³/mol. The van der Waals surface area contributed by atoms with E-state index in [1.807, 2.05) is 0 Å². The van der Waals surface area contributed by atoms with Crippen LogP contribution in [0.3, 0.4) is 0 Å². The quantitative estimate of drug-likeness (QED) is 0.810. The molecule has 0 spiro atoms. The molecule has 3 nitrogen and oxygen atoms in total. The number of benzene rings is 1. The highest BCUT2D eigenvalue weighted by Crippen LogP contribution is 2.27. The second kappa shape index (κ2) is 7.27. The summed E-state index contributed by atoms with van der Waals surface area (Å²) in [6, 6.07) is 5.33. The maximum absolute atomic E-state index is 11.9. The van der Waals surface area contributed by atoms with Gasteiger partial charge >= 0.3 is 0 Å². The number of carbonyl (C=O) groups is 1. The summed E-state index contributed by atoms with van der Waals surface area (Å²) >= 11 is 9.23. The van der Waals surface area contributed by atoms with Crippen LogP contribution in [0.2, 0.25) is 5.02 Å². The average Bonchev–Trinajstić information content (AvgIpc) is 2.32. The van der Waals surface area contributed by atoms with Crippen LogP contribution in [0.25, 0.3) is 0 Å². The van der Waals surface area contributed by atoms with Gasteiger partial charge in [0.25, 0.3) is 0 Å². The molecular weight excluding hydrogens is 328 g/mol. The van der Waals surface area contributed by atoms with Crippen LogP contribution in [0.1, 0.15) is 33.1 Å². The minimum atomic E-state index is 0.0133. The molecule has 5 heteroatoms. The van der Waals surface area contributed by atoms with E-state index < -0.39 is 0 Å². The number of hydrogen-bond acceptors (Lipinski definition) is 2. The molecule has 0 unspecified atom stereocenters. The number of rotatable bonds is 6. The van der Waals surface area contributed by atoms with Gasteiger partial charge in [0.2, 0.25) is 5.91 Å². The zero-order chi connectivity index (χ0) is 14.5. The van der Waals surface area contributed by atoms with Crippen LogP contribution in [0.15, 0.2) is 22.7 Å². The lowest BCUT2D eigenvalue weighted by atomic mass is 9.84. The SMILES string of the molecule is CC(C)(CCN)CCC(=O)Nc1ccc(Cl)c(Br)c1. The van der Waals surface area contributed by atoms with Crippen LogP contribution in [-0.2, 0) is 4.79 Å². The van der Waals surface area contributed by atoms with Crippen LogP contribution in [0.4, 0.5) is 5.69 Å². The fourth-order valence-corrected chi connectivity index (χ4v) is 2.26. The van der Waals surface area contributed by atoms with E-state index in [1.165, 1.54) is 0 Å². The molecule has 0 saturated heterocycles. The Hall–Kier alpha value is -0.580. The molecule has 106 valence electrons. The molecule has 1 aromatic carbocycles. The number of nitrogens with two attached hydrogens (primary N) is 1. The summed E-state index contributed by atoms with van der Waals surface area (Å²) in [6.07, 6.45) is 2.24. The fourth-order valence-electron chi connectivity index (χ4n) is 1.77. The summed E-state index contributed by atoms with van der Waals surface area (Å²) in [5.41, 5.74) is 6.41. The summed E-state index contributed by atoms with van der Waals surface area (Å²) in [5.74, 6) is 0.0133. The van der Waals surface area contributed by atoms with Gasteiger partial charge in [-0.2, -0.15) is 0 Å². The summed E-state index contributed by atoms with van der Waals surface area (Å²) < 4.78 is 0.774. The van der Waals surface area contributed by atoms with Crippen molar-refractivity contribution in [3.05, 3.63) is 27.7 Å². The first-order chi connectivity index (χ1) is 8.84. The molecule has 1 amide bonds. The number of halogens is 2. The molecule has 0 radical (unpaired) electrons. The first-order valence-electron chi connectivity index (χ1n) is 6.29. The summed E-state index contributed by atoms with van der Waals surface area (Å²) in [6.45, 7) is 4.91. The number of hydrogen-bond donors (Lipinski definition) is 2. The highest BCUT2D eigenvalue weighted by molar-refractivity contribution is 9.10. The molecule has 0 aliphatic heterocycles. The Morgan fingerprint density at radius 2 is 2.11 bits per heavy atom. The van der Waals surface area contributed by atoms with E-state index in [0.717, 1.165) is 23.0 Å². The zero-order valence-corrected chi connectivity index (χ0v) is 13.6. The number of carbonyl (C=O) groups excluding carboxylic acids is 1. The van der Waals surface area contributed by atoms with Crippen molar-refractivity contribution < 1.29 is 4.79 Å². The van der Waals surface area contributed by atoms with Crippen molar-refractivity contribution in [3.8, 4) is 0 Å². The first-order valence-corrected chi connectivity index (χ1v) is 7.46. The maximum atomic E-state index is 11.9. The van der Waals surface area contributed by atoms with Crippen LogP contribution in [0.5, 0.6) is 0 Å². The van der Waals surface area contributed by atoms with E-state index in [-0.39, 0.29) is 11.3 Å².